The number of morpholine rings is 1. The fourth-order valence-corrected chi connectivity index (χ4v) is 3.05. The first-order valence-electron chi connectivity index (χ1n) is 7.69. The Morgan fingerprint density at radius 1 is 1.29 bits per heavy atom. The highest BCUT2D eigenvalue weighted by molar-refractivity contribution is 5.96. The summed E-state index contributed by atoms with van der Waals surface area (Å²) < 4.78 is 5.40. The lowest BCUT2D eigenvalue weighted by Gasteiger charge is -2.30. The van der Waals surface area contributed by atoms with E-state index in [0.717, 1.165) is 50.8 Å². The number of hydrogen-bond donors (Lipinski definition) is 2. The van der Waals surface area contributed by atoms with Crippen LogP contribution in [-0.2, 0) is 9.53 Å². The highest BCUT2D eigenvalue weighted by Crippen LogP contribution is 2.27. The van der Waals surface area contributed by atoms with E-state index in [2.05, 4.69) is 28.5 Å². The van der Waals surface area contributed by atoms with Crippen molar-refractivity contribution in [1.29, 1.82) is 0 Å². The van der Waals surface area contributed by atoms with Crippen LogP contribution in [0.3, 0.4) is 0 Å². The second kappa shape index (κ2) is 6.45. The van der Waals surface area contributed by atoms with Gasteiger partial charge in [0.2, 0.25) is 5.91 Å². The molecule has 2 N–H and O–H groups in total. The van der Waals surface area contributed by atoms with E-state index in [9.17, 15) is 4.79 Å². The van der Waals surface area contributed by atoms with Crippen LogP contribution in [-0.4, -0.2) is 45.3 Å². The van der Waals surface area contributed by atoms with Gasteiger partial charge in [0.15, 0.2) is 0 Å². The Hall–Kier alpha value is -1.59. The number of ether oxygens (including phenoxy) is 1. The number of carbonyl (C=O) groups excluding carboxylic acids is 1. The predicted octanol–water partition coefficient (Wildman–Crippen LogP) is 1.32. The molecule has 1 amide bonds. The molecular weight excluding hydrogens is 266 g/mol. The molecule has 5 nitrogen and oxygen atoms in total. The van der Waals surface area contributed by atoms with Gasteiger partial charge in [0, 0.05) is 19.6 Å². The first-order valence-corrected chi connectivity index (χ1v) is 7.69. The molecule has 2 atom stereocenters. The molecule has 2 heterocycles. The minimum Gasteiger partial charge on any atom is -0.378 e. The van der Waals surface area contributed by atoms with Gasteiger partial charge in [0.1, 0.15) is 0 Å². The first kappa shape index (κ1) is 14.4. The van der Waals surface area contributed by atoms with Crippen LogP contribution < -0.4 is 15.5 Å². The summed E-state index contributed by atoms with van der Waals surface area (Å²) in [5, 5.41) is 6.40. The zero-order valence-electron chi connectivity index (χ0n) is 12.5. The third-order valence-corrected chi connectivity index (χ3v) is 4.37. The van der Waals surface area contributed by atoms with E-state index < -0.39 is 0 Å². The molecule has 0 bridgehead atoms. The van der Waals surface area contributed by atoms with E-state index in [0.29, 0.717) is 5.92 Å². The minimum absolute atomic E-state index is 0.0581. The van der Waals surface area contributed by atoms with Gasteiger partial charge in [0.25, 0.3) is 0 Å². The monoisotopic (exact) mass is 289 g/mol. The number of carbonyl (C=O) groups is 1. The van der Waals surface area contributed by atoms with E-state index in [1.807, 2.05) is 18.2 Å². The summed E-state index contributed by atoms with van der Waals surface area (Å²) in [6, 6.07) is 8.03. The van der Waals surface area contributed by atoms with Crippen molar-refractivity contribution < 1.29 is 9.53 Å². The van der Waals surface area contributed by atoms with Gasteiger partial charge in [0.05, 0.1) is 30.5 Å². The molecule has 0 aromatic heterocycles. The van der Waals surface area contributed by atoms with Crippen LogP contribution in [0.5, 0.6) is 0 Å². The lowest BCUT2D eigenvalue weighted by atomic mass is 9.97. The van der Waals surface area contributed by atoms with Crippen LogP contribution >= 0.6 is 0 Å². The van der Waals surface area contributed by atoms with Crippen molar-refractivity contribution in [2.75, 3.05) is 49.6 Å². The highest BCUT2D eigenvalue weighted by Gasteiger charge is 2.30. The Bertz CT molecular complexity index is 500. The third-order valence-electron chi connectivity index (χ3n) is 4.37. The Balaban J connectivity index is 1.74. The molecule has 5 heteroatoms. The lowest BCUT2D eigenvalue weighted by molar-refractivity contribution is -0.120. The minimum atomic E-state index is 0.0581. The molecule has 0 saturated carbocycles. The van der Waals surface area contributed by atoms with Crippen LogP contribution in [0.15, 0.2) is 24.3 Å². The van der Waals surface area contributed by atoms with Crippen molar-refractivity contribution in [3.63, 3.8) is 0 Å². The van der Waals surface area contributed by atoms with E-state index in [1.54, 1.807) is 0 Å². The molecule has 2 aliphatic rings. The molecule has 21 heavy (non-hydrogen) atoms. The number of anilines is 2. The van der Waals surface area contributed by atoms with Gasteiger partial charge in [-0.25, -0.2) is 0 Å². The summed E-state index contributed by atoms with van der Waals surface area (Å²) in [4.78, 5) is 14.7. The lowest BCUT2D eigenvalue weighted by Crippen LogP contribution is -2.37. The Labute approximate surface area is 125 Å². The zero-order valence-corrected chi connectivity index (χ0v) is 12.5. The Morgan fingerprint density at radius 3 is 2.76 bits per heavy atom. The molecule has 0 spiro atoms. The number of hydrogen-bond acceptors (Lipinski definition) is 4. The summed E-state index contributed by atoms with van der Waals surface area (Å²) in [7, 11) is 0. The summed E-state index contributed by atoms with van der Waals surface area (Å²) in [6.45, 7) is 7.04. The highest BCUT2D eigenvalue weighted by atomic mass is 16.5. The second-order valence-electron chi connectivity index (χ2n) is 5.85. The standard InChI is InChI=1S/C16H23N3O2/c1-12-10-17-11-13(12)16(20)18-14-4-2-3-5-15(14)19-6-8-21-9-7-19/h2-5,12-13,17H,6-11H2,1H3,(H,18,20). The molecule has 2 aliphatic heterocycles. The molecule has 0 aliphatic carbocycles. The van der Waals surface area contributed by atoms with Crippen LogP contribution in [0, 0.1) is 11.8 Å². The maximum atomic E-state index is 12.5. The molecule has 1 aromatic rings. The number of nitrogens with zero attached hydrogens (tertiary/aromatic N) is 1. The summed E-state index contributed by atoms with van der Waals surface area (Å²) in [5.41, 5.74) is 2.00. The van der Waals surface area contributed by atoms with Gasteiger partial charge in [-0.2, -0.15) is 0 Å². The van der Waals surface area contributed by atoms with Crippen LogP contribution in [0.2, 0.25) is 0 Å². The van der Waals surface area contributed by atoms with E-state index in [-0.39, 0.29) is 11.8 Å². The van der Waals surface area contributed by atoms with Crippen molar-refractivity contribution in [3.05, 3.63) is 24.3 Å². The van der Waals surface area contributed by atoms with Crippen LogP contribution in [0.4, 0.5) is 11.4 Å². The fraction of sp³-hybridized carbons (Fsp3) is 0.562. The third kappa shape index (κ3) is 3.19. The topological polar surface area (TPSA) is 53.6 Å². The van der Waals surface area contributed by atoms with Crippen LogP contribution in [0.1, 0.15) is 6.92 Å². The molecule has 3 rings (SSSR count). The van der Waals surface area contributed by atoms with Crippen molar-refractivity contribution in [2.45, 2.75) is 6.92 Å². The fourth-order valence-electron chi connectivity index (χ4n) is 3.05. The van der Waals surface area contributed by atoms with Gasteiger partial charge in [-0.05, 0) is 24.6 Å². The number of para-hydroxylation sites is 2. The molecular formula is C16H23N3O2. The Kier molecular flexibility index (Phi) is 4.41. The van der Waals surface area contributed by atoms with Gasteiger partial charge < -0.3 is 20.3 Å². The zero-order chi connectivity index (χ0) is 14.7. The molecule has 2 unspecified atom stereocenters. The van der Waals surface area contributed by atoms with Gasteiger partial charge in [-0.15, -0.1) is 0 Å². The summed E-state index contributed by atoms with van der Waals surface area (Å²) in [6.07, 6.45) is 0. The maximum absolute atomic E-state index is 12.5. The smallest absolute Gasteiger partial charge is 0.229 e. The Morgan fingerprint density at radius 2 is 2.05 bits per heavy atom. The average molecular weight is 289 g/mol. The SMILES string of the molecule is CC1CNCC1C(=O)Nc1ccccc1N1CCOCC1. The van der Waals surface area contributed by atoms with Crippen molar-refractivity contribution in [3.8, 4) is 0 Å². The van der Waals surface area contributed by atoms with E-state index in [1.165, 1.54) is 0 Å². The van der Waals surface area contributed by atoms with Gasteiger partial charge in [-0.1, -0.05) is 19.1 Å². The normalized spacial score (nSPS) is 25.9. The van der Waals surface area contributed by atoms with Crippen molar-refractivity contribution in [2.24, 2.45) is 11.8 Å². The second-order valence-corrected chi connectivity index (χ2v) is 5.85. The molecule has 1 aromatic carbocycles. The van der Waals surface area contributed by atoms with Crippen LogP contribution in [0.25, 0.3) is 0 Å². The number of rotatable bonds is 3. The average Bonchev–Trinajstić information content (AvgIpc) is 2.95. The maximum Gasteiger partial charge on any atom is 0.229 e. The summed E-state index contributed by atoms with van der Waals surface area (Å²) in [5.74, 6) is 0.566. The van der Waals surface area contributed by atoms with E-state index >= 15 is 0 Å². The number of amides is 1. The van der Waals surface area contributed by atoms with Crippen molar-refractivity contribution in [1.82, 2.24) is 5.32 Å². The van der Waals surface area contributed by atoms with Crippen molar-refractivity contribution >= 4 is 17.3 Å². The molecule has 0 radical (unpaired) electrons. The van der Waals surface area contributed by atoms with Gasteiger partial charge >= 0.3 is 0 Å². The summed E-state index contributed by atoms with van der Waals surface area (Å²) >= 11 is 0. The number of benzene rings is 1. The quantitative estimate of drug-likeness (QED) is 0.881. The van der Waals surface area contributed by atoms with Gasteiger partial charge in [-0.3, -0.25) is 4.79 Å². The first-order chi connectivity index (χ1) is 10.3. The predicted molar refractivity (Wildman–Crippen MR) is 83.6 cm³/mol. The number of nitrogens with one attached hydrogen (secondary N) is 2. The largest absolute Gasteiger partial charge is 0.378 e. The molecule has 2 fully saturated rings. The van der Waals surface area contributed by atoms with E-state index in [4.69, 9.17) is 4.74 Å². The molecule has 2 saturated heterocycles. The molecule has 114 valence electrons.